The van der Waals surface area contributed by atoms with Crippen molar-refractivity contribution in [2.24, 2.45) is 0 Å². The zero-order valence-electron chi connectivity index (χ0n) is 9.57. The maximum Gasteiger partial charge on any atom is 1.00 e. The smallest absolute Gasteiger partial charge is 0.900 e. The van der Waals surface area contributed by atoms with Gasteiger partial charge in [0.05, 0.1) is 0 Å². The number of hydrogen-bond acceptors (Lipinski definition) is 3. The first kappa shape index (κ1) is 18.1. The first-order chi connectivity index (χ1) is 6.85. The normalized spacial score (nSPS) is 8.47. The molecule has 0 spiro atoms. The molecule has 0 aliphatic carbocycles. The summed E-state index contributed by atoms with van der Waals surface area (Å²) in [5.41, 5.74) is 1.52. The fourth-order valence-electron chi connectivity index (χ4n) is 1.19. The number of rotatable bonds is 5. The van der Waals surface area contributed by atoms with Crippen LogP contribution in [0.5, 0.6) is 0 Å². The van der Waals surface area contributed by atoms with E-state index in [4.69, 9.17) is 10.0 Å². The average Bonchev–Trinajstić information content (AvgIpc) is 2.66. The summed E-state index contributed by atoms with van der Waals surface area (Å²) in [4.78, 5) is 0. The van der Waals surface area contributed by atoms with Crippen LogP contribution in [0.2, 0.25) is 0 Å². The van der Waals surface area contributed by atoms with Gasteiger partial charge in [-0.05, 0) is 35.2 Å². The van der Waals surface area contributed by atoms with Gasteiger partial charge >= 0.3 is 29.6 Å². The van der Waals surface area contributed by atoms with E-state index < -0.39 is 7.69 Å². The molecule has 2 nitrogen and oxygen atoms in total. The van der Waals surface area contributed by atoms with Crippen molar-refractivity contribution in [1.82, 2.24) is 0 Å². The van der Waals surface area contributed by atoms with Crippen LogP contribution in [0.25, 0.3) is 0 Å². The van der Waals surface area contributed by atoms with Gasteiger partial charge in [-0.15, -0.1) is 0 Å². The molecule has 15 heavy (non-hydrogen) atoms. The summed E-state index contributed by atoms with van der Waals surface area (Å²) in [5.74, 6) is 0. The number of unbranched alkanes of at least 4 members (excludes halogenated alkanes) is 3. The maximum absolute atomic E-state index is 8.25. The SMILES string of the molecule is CCCCCCc1ccsc1.[Na+].[O-][B][O-]. The molecule has 1 heterocycles. The van der Waals surface area contributed by atoms with Crippen molar-refractivity contribution in [1.29, 1.82) is 0 Å². The number of hydrogen-bond donors (Lipinski definition) is 0. The quantitative estimate of drug-likeness (QED) is 0.442. The fourth-order valence-corrected chi connectivity index (χ4v) is 1.89. The van der Waals surface area contributed by atoms with Crippen LogP contribution in [0.3, 0.4) is 0 Å². The Kier molecular flexibility index (Phi) is 17.7. The molecule has 0 aliphatic heterocycles. The molecule has 1 aromatic heterocycles. The van der Waals surface area contributed by atoms with E-state index in [1.54, 1.807) is 11.3 Å². The molecule has 0 unspecified atom stereocenters. The summed E-state index contributed by atoms with van der Waals surface area (Å²) >= 11 is 1.80. The van der Waals surface area contributed by atoms with Crippen molar-refractivity contribution in [3.63, 3.8) is 0 Å². The van der Waals surface area contributed by atoms with Gasteiger partial charge < -0.3 is 10.0 Å². The zero-order chi connectivity index (χ0) is 10.6. The van der Waals surface area contributed by atoms with Gasteiger partial charge in [0.1, 0.15) is 0 Å². The van der Waals surface area contributed by atoms with Crippen LogP contribution in [0.1, 0.15) is 38.2 Å². The molecule has 0 atom stereocenters. The summed E-state index contributed by atoms with van der Waals surface area (Å²) in [6, 6.07) is 2.23. The Morgan fingerprint density at radius 3 is 2.40 bits per heavy atom. The Bertz CT molecular complexity index is 195. The number of aryl methyl sites for hydroxylation is 1. The second-order valence-electron chi connectivity index (χ2n) is 3.04. The molecule has 79 valence electrons. The predicted molar refractivity (Wildman–Crippen MR) is 57.9 cm³/mol. The Labute approximate surface area is 119 Å². The van der Waals surface area contributed by atoms with E-state index in [1.807, 2.05) is 0 Å². The first-order valence-corrected chi connectivity index (χ1v) is 5.86. The van der Waals surface area contributed by atoms with Crippen molar-refractivity contribution in [2.45, 2.75) is 39.0 Å². The van der Waals surface area contributed by atoms with Crippen LogP contribution in [-0.4, -0.2) is 7.69 Å². The van der Waals surface area contributed by atoms with E-state index in [0.717, 1.165) is 0 Å². The summed E-state index contributed by atoms with van der Waals surface area (Å²) in [7, 11) is -0.500. The second-order valence-corrected chi connectivity index (χ2v) is 3.82. The Morgan fingerprint density at radius 1 is 1.27 bits per heavy atom. The molecule has 1 aromatic rings. The molecule has 0 aromatic carbocycles. The molecule has 0 saturated heterocycles. The molecule has 1 rings (SSSR count). The maximum atomic E-state index is 8.25. The van der Waals surface area contributed by atoms with Gasteiger partial charge in [-0.3, -0.25) is 0 Å². The van der Waals surface area contributed by atoms with Gasteiger partial charge in [0.25, 0.3) is 0 Å². The molecule has 1 radical (unpaired) electrons. The minimum atomic E-state index is -0.500. The first-order valence-electron chi connectivity index (χ1n) is 4.91. The van der Waals surface area contributed by atoms with E-state index in [9.17, 15) is 0 Å². The Hall–Kier alpha value is 0.685. The monoisotopic (exact) mass is 234 g/mol. The van der Waals surface area contributed by atoms with E-state index in [-0.39, 0.29) is 29.6 Å². The summed E-state index contributed by atoms with van der Waals surface area (Å²) in [6.07, 6.45) is 6.77. The van der Waals surface area contributed by atoms with Crippen LogP contribution in [0, 0.1) is 0 Å². The molecule has 0 amide bonds. The zero-order valence-corrected chi connectivity index (χ0v) is 12.4. The molecule has 0 saturated carbocycles. The van der Waals surface area contributed by atoms with Gasteiger partial charge in [0, 0.05) is 0 Å². The topological polar surface area (TPSA) is 46.1 Å². The van der Waals surface area contributed by atoms with Crippen molar-refractivity contribution in [3.8, 4) is 0 Å². The van der Waals surface area contributed by atoms with Gasteiger partial charge in [-0.2, -0.15) is 11.3 Å². The third-order valence-electron chi connectivity index (χ3n) is 1.90. The third-order valence-corrected chi connectivity index (χ3v) is 2.63. The summed E-state index contributed by atoms with van der Waals surface area (Å²) < 4.78 is 0. The molecule has 0 aliphatic rings. The van der Waals surface area contributed by atoms with Crippen LogP contribution in [-0.2, 0) is 6.42 Å². The third kappa shape index (κ3) is 12.6. The molecule has 5 heteroatoms. The Morgan fingerprint density at radius 2 is 1.93 bits per heavy atom. The molecule has 0 bridgehead atoms. The minimum absolute atomic E-state index is 0. The van der Waals surface area contributed by atoms with Crippen molar-refractivity contribution < 1.29 is 39.6 Å². The standard InChI is InChI=1S/C10H16S.BO2.Na/c1-2-3-4-5-6-10-7-8-11-9-10;2-1-3;/h7-9H,2-6H2,1H3;;/q;-2;+1. The summed E-state index contributed by atoms with van der Waals surface area (Å²) in [6.45, 7) is 2.25. The van der Waals surface area contributed by atoms with E-state index >= 15 is 0 Å². The fraction of sp³-hybridized carbons (Fsp3) is 0.600. The second kappa shape index (κ2) is 14.7. The van der Waals surface area contributed by atoms with Gasteiger partial charge in [0.15, 0.2) is 0 Å². The van der Waals surface area contributed by atoms with Gasteiger partial charge in [0.2, 0.25) is 0 Å². The minimum Gasteiger partial charge on any atom is -0.900 e. The van der Waals surface area contributed by atoms with Crippen molar-refractivity contribution >= 4 is 19.0 Å². The average molecular weight is 234 g/mol. The van der Waals surface area contributed by atoms with Crippen LogP contribution < -0.4 is 39.6 Å². The van der Waals surface area contributed by atoms with Crippen LogP contribution >= 0.6 is 11.3 Å². The molecular weight excluding hydrogens is 218 g/mol. The van der Waals surface area contributed by atoms with Crippen LogP contribution in [0.15, 0.2) is 16.8 Å². The number of thiophene rings is 1. The largest absolute Gasteiger partial charge is 1.00 e. The predicted octanol–water partition coefficient (Wildman–Crippen LogP) is -1.88. The van der Waals surface area contributed by atoms with Crippen LogP contribution in [0.4, 0.5) is 0 Å². The van der Waals surface area contributed by atoms with Gasteiger partial charge in [-0.1, -0.05) is 26.2 Å². The molecule has 0 N–H and O–H groups in total. The summed E-state index contributed by atoms with van der Waals surface area (Å²) in [5, 5.41) is 20.9. The molecule has 0 fully saturated rings. The van der Waals surface area contributed by atoms with E-state index in [1.165, 1.54) is 37.7 Å². The van der Waals surface area contributed by atoms with E-state index in [2.05, 4.69) is 23.8 Å². The molecular formula is C10H16BNaO2S-. The Balaban J connectivity index is 0. The van der Waals surface area contributed by atoms with Gasteiger partial charge in [-0.25, -0.2) is 7.69 Å². The van der Waals surface area contributed by atoms with E-state index in [0.29, 0.717) is 0 Å². The van der Waals surface area contributed by atoms with Crippen molar-refractivity contribution in [2.75, 3.05) is 0 Å². The van der Waals surface area contributed by atoms with Crippen molar-refractivity contribution in [3.05, 3.63) is 22.4 Å².